The van der Waals surface area contributed by atoms with Crippen molar-refractivity contribution >= 4 is 53.7 Å². The first kappa shape index (κ1) is 194. The van der Waals surface area contributed by atoms with E-state index < -0.39 is 53.7 Å². The zero-order valence-electron chi connectivity index (χ0n) is 83.0. The van der Waals surface area contributed by atoms with Crippen molar-refractivity contribution in [3.05, 3.63) is 319 Å². The maximum atomic E-state index is 10.3. The molecule has 806 valence electrons. The van der Waals surface area contributed by atoms with Gasteiger partial charge in [-0.3, -0.25) is 0 Å². The van der Waals surface area contributed by atoms with Crippen molar-refractivity contribution in [3.63, 3.8) is 0 Å². The molecular weight excluding hydrogens is 2310 g/mol. The number of hydrogen-bond acceptors (Lipinski definition) is 31. The van der Waals surface area contributed by atoms with Crippen LogP contribution >= 0.6 is 0 Å². The molecule has 0 saturated carbocycles. The topological polar surface area (TPSA) is 720 Å². The number of benzene rings is 9. The largest absolute Gasteiger partial charge is 4.00 e. The van der Waals surface area contributed by atoms with Crippen LogP contribution in [0.1, 0.15) is 143 Å². The molecule has 1 N–H and O–H groups in total. The van der Waals surface area contributed by atoms with E-state index in [0.717, 1.165) is 50.1 Å². The second-order valence-electron chi connectivity index (χ2n) is 28.0. The molecule has 0 fully saturated rings. The molecule has 0 heterocycles. The first-order chi connectivity index (χ1) is 59.1. The van der Waals surface area contributed by atoms with Crippen LogP contribution in [0.15, 0.2) is 218 Å². The smallest absolute Gasteiger partial charge is 2.00 e. The van der Waals surface area contributed by atoms with Gasteiger partial charge in [-0.25, -0.2) is 0 Å². The fourth-order valence-corrected chi connectivity index (χ4v) is 8.31. The van der Waals surface area contributed by atoms with E-state index in [4.69, 9.17) is 0 Å². The molecule has 0 atom stereocenters. The van der Waals surface area contributed by atoms with E-state index in [1.807, 2.05) is 114 Å². The molecule has 37 nitrogen and oxygen atoms in total. The standard InChI is InChI=1S/9C8H8O2.6C4H10NO.6Cu.H2O.6O.4Ti/c9*1-6-4-2-3-5-7(6)8(9)10;6*1-5(2)3-4-6;;;;;;;;;;;;;;;;;/h9*2-5H,1H3,(H,9,10);6*3-4H2,1-2H3;;;;;;;1H2;;;;;;;;;;/q;;;;;;;;;6*-1;6*+2;;6*-2;4*+4/p-10. The Hall–Kier alpha value is -6.58. The second kappa shape index (κ2) is 124. The van der Waals surface area contributed by atoms with Crippen molar-refractivity contribution in [2.24, 2.45) is 0 Å². The van der Waals surface area contributed by atoms with Crippen LogP contribution in [0.5, 0.6) is 0 Å². The fourth-order valence-electron chi connectivity index (χ4n) is 8.31. The van der Waals surface area contributed by atoms with Gasteiger partial charge in [0, 0.05) is 50.1 Å². The summed E-state index contributed by atoms with van der Waals surface area (Å²) in [4.78, 5) is 104. The Balaban J connectivity index is -0.0000000512. The molecule has 9 rings (SSSR count). The molecule has 0 amide bonds. The van der Waals surface area contributed by atoms with Crippen LogP contribution in [0.3, 0.4) is 0 Å². The van der Waals surface area contributed by atoms with Gasteiger partial charge in [0.25, 0.3) is 0 Å². The molecule has 0 bridgehead atoms. The SMILES string of the molecule is CN(C)CC[O-].CN(C)CC[O-].CN(C)CC[O-].CN(C)CC[O-].CN(C)CC[O-].CN(C)CC[O-].Cc1ccccc1C(=O)[O-].Cc1ccccc1C(=O)[O-].Cc1ccccc1C(=O)[O-].Cc1ccccc1C(=O)[O-].Cc1ccccc1C(=O)[O-].Cc1ccccc1C(=O)[O-].Cc1ccccc1C(=O)[O-].Cc1ccccc1C(=O)[O-].Cc1ccccc1C(=O)[O-].[Cu+2].[Cu+2].[Cu+2].[Cu+2].[Cu+2].[Cu+2].[O-2].[O-2].[O-2].[O-2].[O-2].[O-2].[OH-].[Ti+4].[Ti+4].[Ti+4].[Ti+4]. The Kier molecular flexibility index (Phi) is 169. The van der Waals surface area contributed by atoms with E-state index in [0.29, 0.717) is 39.3 Å². The Labute approximate surface area is 965 Å². The number of carbonyl (C=O) groups is 9. The van der Waals surface area contributed by atoms with E-state index in [-0.39, 0.29) is 317 Å². The number of rotatable bonds is 21. The number of hydrogen-bond donors (Lipinski definition) is 0. The number of likely N-dealkylation sites (N-methyl/N-ethyl adjacent to an activating group) is 6. The monoisotopic (exact) mass is 2430 g/mol. The molecular formula is C96H124Cu6N6O31Ti4. The van der Waals surface area contributed by atoms with Crippen LogP contribution in [0.4, 0.5) is 0 Å². The zero-order chi connectivity index (χ0) is 98.0. The van der Waals surface area contributed by atoms with E-state index in [1.165, 1.54) is 54.6 Å². The van der Waals surface area contributed by atoms with Gasteiger partial charge in [0.1, 0.15) is 0 Å². The third-order valence-electron chi connectivity index (χ3n) is 15.5. The summed E-state index contributed by atoms with van der Waals surface area (Å²) in [5.74, 6) is -10.0. The molecule has 0 aliphatic heterocycles. The van der Waals surface area contributed by atoms with Crippen LogP contribution in [0.2, 0.25) is 0 Å². The zero-order valence-corrected chi connectivity index (χ0v) is 94.9. The summed E-state index contributed by atoms with van der Waals surface area (Å²) in [6, 6.07) is 60.7. The van der Waals surface area contributed by atoms with Gasteiger partial charge in [0.15, 0.2) is 0 Å². The molecule has 47 heteroatoms. The molecule has 0 unspecified atom stereocenters. The number of carboxylic acids is 9. The quantitative estimate of drug-likeness (QED) is 0.0615. The summed E-state index contributed by atoms with van der Waals surface area (Å²) in [7, 11) is 22.6. The molecule has 6 radical (unpaired) electrons. The molecule has 0 aliphatic carbocycles. The minimum atomic E-state index is -1.11. The fraction of sp³-hybridized carbons (Fsp3) is 0.344. The first-order valence-electron chi connectivity index (χ1n) is 38.9. The maximum Gasteiger partial charge on any atom is 4.00 e. The van der Waals surface area contributed by atoms with E-state index in [2.05, 4.69) is 0 Å². The number of carbonyl (C=O) groups excluding carboxylic acids is 9. The average molecular weight is 2430 g/mol. The predicted molar refractivity (Wildman–Crippen MR) is 466 cm³/mol. The van der Waals surface area contributed by atoms with E-state index in [9.17, 15) is 120 Å². The molecule has 9 aromatic rings. The van der Waals surface area contributed by atoms with Crippen molar-refractivity contribution in [1.29, 1.82) is 0 Å². The number of aryl methyl sites for hydroxylation is 9. The Bertz CT molecular complexity index is 3680. The van der Waals surface area contributed by atoms with Crippen molar-refractivity contribution in [1.82, 2.24) is 29.4 Å². The summed E-state index contributed by atoms with van der Waals surface area (Å²) in [6.45, 7) is 19.6. The number of nitrogens with zero attached hydrogens (tertiary/aromatic N) is 6. The normalized spacial score (nSPS) is 8.37. The molecule has 9 aromatic carbocycles. The van der Waals surface area contributed by atoms with Crippen LogP contribution in [-0.2, 0) is 222 Å². The van der Waals surface area contributed by atoms with Gasteiger partial charge in [-0.15, -0.1) is 39.6 Å². The number of carboxylic acid groups (broad SMARTS) is 9. The summed E-state index contributed by atoms with van der Waals surface area (Å²) < 4.78 is 0. The van der Waals surface area contributed by atoms with Gasteiger partial charge in [-0.05, 0) is 236 Å². The second-order valence-corrected chi connectivity index (χ2v) is 28.0. The Morgan fingerprint density at radius 3 is 0.266 bits per heavy atom. The van der Waals surface area contributed by atoms with Gasteiger partial charge < -0.3 is 187 Å². The Morgan fingerprint density at radius 1 is 0.175 bits per heavy atom. The van der Waals surface area contributed by atoms with Crippen LogP contribution in [0.25, 0.3) is 0 Å². The molecule has 0 aromatic heterocycles. The van der Waals surface area contributed by atoms with Crippen molar-refractivity contribution in [2.75, 3.05) is 163 Å². The minimum absolute atomic E-state index is 0. The molecule has 143 heavy (non-hydrogen) atoms. The summed E-state index contributed by atoms with van der Waals surface area (Å²) in [5, 5.41) is 151. The van der Waals surface area contributed by atoms with Gasteiger partial charge >= 0.3 is 189 Å². The molecule has 0 saturated heterocycles. The molecule has 0 aliphatic rings. The van der Waals surface area contributed by atoms with E-state index in [1.54, 1.807) is 226 Å². The first-order valence-corrected chi connectivity index (χ1v) is 38.9. The summed E-state index contributed by atoms with van der Waals surface area (Å²) in [6.07, 6.45) is 0. The van der Waals surface area contributed by atoms with E-state index >= 15 is 0 Å². The van der Waals surface area contributed by atoms with Crippen LogP contribution in [-0.4, -0.2) is 252 Å². The average Bonchev–Trinajstić information content (AvgIpc) is 0.952. The summed E-state index contributed by atoms with van der Waals surface area (Å²) in [5.41, 5.74) is 9.04. The maximum absolute atomic E-state index is 10.3. The van der Waals surface area contributed by atoms with Crippen LogP contribution < -0.4 is 76.6 Å². The van der Waals surface area contributed by atoms with Crippen molar-refractivity contribution in [2.45, 2.75) is 62.3 Å². The predicted octanol–water partition coefficient (Wildman–Crippen LogP) is -4.24. The third kappa shape index (κ3) is 112. The van der Waals surface area contributed by atoms with Gasteiger partial charge in [-0.2, -0.15) is 0 Å². The van der Waals surface area contributed by atoms with Gasteiger partial charge in [0.2, 0.25) is 0 Å². The minimum Gasteiger partial charge on any atom is -2.00 e. The Morgan fingerprint density at radius 2 is 0.238 bits per heavy atom. The summed E-state index contributed by atoms with van der Waals surface area (Å²) >= 11 is 0. The van der Waals surface area contributed by atoms with Crippen molar-refractivity contribution < 1.29 is 347 Å². The van der Waals surface area contributed by atoms with Gasteiger partial charge in [0.05, 0.1) is 53.7 Å². The van der Waals surface area contributed by atoms with Crippen LogP contribution in [0, 0.1) is 62.3 Å². The third-order valence-corrected chi connectivity index (χ3v) is 15.5. The van der Waals surface area contributed by atoms with Crippen molar-refractivity contribution in [3.8, 4) is 0 Å². The van der Waals surface area contributed by atoms with Gasteiger partial charge in [-0.1, -0.05) is 218 Å². The number of aromatic carboxylic acids is 9. The molecule has 0 spiro atoms.